The number of hydrogen-bond acceptors (Lipinski definition) is 4. The largest absolute Gasteiger partial charge is 0.480 e. The van der Waals surface area contributed by atoms with E-state index in [0.29, 0.717) is 22.3 Å². The molecule has 1 amide bonds. The fraction of sp³-hybridized carbons (Fsp3) is 0.333. The molecule has 1 fully saturated rings. The zero-order chi connectivity index (χ0) is 14.0. The monoisotopic (exact) mass is 328 g/mol. The summed E-state index contributed by atoms with van der Waals surface area (Å²) in [7, 11) is 0. The molecule has 1 atom stereocenters. The molecule has 0 spiro atoms. The van der Waals surface area contributed by atoms with E-state index >= 15 is 0 Å². The summed E-state index contributed by atoms with van der Waals surface area (Å²) in [6, 6.07) is 3.83. The molecule has 102 valence electrons. The second kappa shape index (κ2) is 5.58. The number of carboxylic acid groups (broad SMARTS) is 1. The number of amides is 1. The molecule has 1 aliphatic heterocycles. The van der Waals surface area contributed by atoms with Crippen LogP contribution in [0.1, 0.15) is 10.4 Å². The number of rotatable bonds is 2. The Morgan fingerprint density at radius 3 is 2.84 bits per heavy atom. The number of nitrogens with two attached hydrogens (primary N) is 1. The number of morpholine rings is 1. The Morgan fingerprint density at radius 2 is 2.21 bits per heavy atom. The number of ether oxygens (including phenoxy) is 1. The lowest BCUT2D eigenvalue weighted by Crippen LogP contribution is -2.52. The first-order valence-electron chi connectivity index (χ1n) is 5.67. The number of nitrogen functional groups attached to an aromatic ring is 1. The van der Waals surface area contributed by atoms with Crippen molar-refractivity contribution in [3.8, 4) is 0 Å². The number of anilines is 1. The third-order valence-corrected chi connectivity index (χ3v) is 3.61. The highest BCUT2D eigenvalue weighted by atomic mass is 79.9. The van der Waals surface area contributed by atoms with Crippen LogP contribution in [0.4, 0.5) is 5.69 Å². The van der Waals surface area contributed by atoms with Crippen molar-refractivity contribution in [2.75, 3.05) is 25.5 Å². The molecular weight excluding hydrogens is 316 g/mol. The first-order valence-corrected chi connectivity index (χ1v) is 6.46. The molecule has 1 aromatic rings. The molecule has 0 aromatic heterocycles. The molecule has 0 bridgehead atoms. The van der Waals surface area contributed by atoms with Crippen molar-refractivity contribution in [2.24, 2.45) is 0 Å². The Hall–Kier alpha value is -1.60. The lowest BCUT2D eigenvalue weighted by molar-refractivity contribution is -0.147. The molecule has 0 radical (unpaired) electrons. The van der Waals surface area contributed by atoms with Crippen molar-refractivity contribution < 1.29 is 19.4 Å². The Balaban J connectivity index is 2.26. The van der Waals surface area contributed by atoms with Crippen molar-refractivity contribution in [3.63, 3.8) is 0 Å². The molecule has 1 aromatic carbocycles. The van der Waals surface area contributed by atoms with E-state index in [2.05, 4.69) is 15.9 Å². The normalized spacial score (nSPS) is 19.2. The Morgan fingerprint density at radius 1 is 1.47 bits per heavy atom. The number of hydrogen-bond donors (Lipinski definition) is 2. The average molecular weight is 329 g/mol. The van der Waals surface area contributed by atoms with Gasteiger partial charge in [0, 0.05) is 22.3 Å². The van der Waals surface area contributed by atoms with Crippen LogP contribution in [0.5, 0.6) is 0 Å². The maximum atomic E-state index is 12.3. The van der Waals surface area contributed by atoms with Gasteiger partial charge in [-0.3, -0.25) is 4.79 Å². The van der Waals surface area contributed by atoms with Gasteiger partial charge in [-0.15, -0.1) is 0 Å². The molecule has 1 unspecified atom stereocenters. The van der Waals surface area contributed by atoms with Crippen LogP contribution < -0.4 is 5.73 Å². The molecule has 0 saturated carbocycles. The lowest BCUT2D eigenvalue weighted by Gasteiger charge is -2.32. The van der Waals surface area contributed by atoms with E-state index in [4.69, 9.17) is 15.6 Å². The minimum absolute atomic E-state index is 0.0111. The van der Waals surface area contributed by atoms with Crippen LogP contribution in [-0.4, -0.2) is 47.7 Å². The molecule has 1 saturated heterocycles. The van der Waals surface area contributed by atoms with Crippen LogP contribution in [-0.2, 0) is 9.53 Å². The van der Waals surface area contributed by atoms with Crippen molar-refractivity contribution in [1.29, 1.82) is 0 Å². The SMILES string of the molecule is Nc1ccc(C(=O)N2CCOCC2C(=O)O)cc1Br. The molecule has 1 aliphatic rings. The topological polar surface area (TPSA) is 92.9 Å². The van der Waals surface area contributed by atoms with Gasteiger partial charge in [0.1, 0.15) is 0 Å². The van der Waals surface area contributed by atoms with Crippen LogP contribution in [0, 0.1) is 0 Å². The lowest BCUT2D eigenvalue weighted by atomic mass is 10.1. The third-order valence-electron chi connectivity index (χ3n) is 2.92. The highest BCUT2D eigenvalue weighted by Gasteiger charge is 2.33. The molecule has 3 N–H and O–H groups in total. The van der Waals surface area contributed by atoms with Gasteiger partial charge < -0.3 is 20.5 Å². The smallest absolute Gasteiger partial charge is 0.328 e. The van der Waals surface area contributed by atoms with Gasteiger partial charge >= 0.3 is 5.97 Å². The summed E-state index contributed by atoms with van der Waals surface area (Å²) in [4.78, 5) is 24.8. The van der Waals surface area contributed by atoms with Gasteiger partial charge in [0.25, 0.3) is 5.91 Å². The summed E-state index contributed by atoms with van der Waals surface area (Å²) < 4.78 is 5.71. The van der Waals surface area contributed by atoms with Crippen LogP contribution in [0.2, 0.25) is 0 Å². The van der Waals surface area contributed by atoms with Crippen LogP contribution in [0.25, 0.3) is 0 Å². The fourth-order valence-electron chi connectivity index (χ4n) is 1.88. The van der Waals surface area contributed by atoms with Crippen LogP contribution in [0.3, 0.4) is 0 Å². The van der Waals surface area contributed by atoms with Gasteiger partial charge in [-0.25, -0.2) is 4.79 Å². The van der Waals surface area contributed by atoms with Crippen LogP contribution >= 0.6 is 15.9 Å². The van der Waals surface area contributed by atoms with Gasteiger partial charge in [-0.05, 0) is 34.1 Å². The van der Waals surface area contributed by atoms with Crippen molar-refractivity contribution in [2.45, 2.75) is 6.04 Å². The van der Waals surface area contributed by atoms with Gasteiger partial charge in [-0.2, -0.15) is 0 Å². The summed E-state index contributed by atoms with van der Waals surface area (Å²) in [5.74, 6) is -1.40. The van der Waals surface area contributed by atoms with E-state index in [0.717, 1.165) is 0 Å². The minimum atomic E-state index is -1.07. The number of carbonyl (C=O) groups is 2. The van der Waals surface area contributed by atoms with Gasteiger partial charge in [0.05, 0.1) is 13.2 Å². The van der Waals surface area contributed by atoms with E-state index < -0.39 is 12.0 Å². The van der Waals surface area contributed by atoms with E-state index in [9.17, 15) is 9.59 Å². The number of aliphatic carboxylic acids is 1. The van der Waals surface area contributed by atoms with E-state index in [1.165, 1.54) is 4.90 Å². The number of benzene rings is 1. The van der Waals surface area contributed by atoms with Gasteiger partial charge in [0.15, 0.2) is 6.04 Å². The quantitative estimate of drug-likeness (QED) is 0.789. The zero-order valence-corrected chi connectivity index (χ0v) is 11.6. The Bertz CT molecular complexity index is 520. The van der Waals surface area contributed by atoms with Crippen molar-refractivity contribution >= 4 is 33.5 Å². The van der Waals surface area contributed by atoms with E-state index in [1.807, 2.05) is 0 Å². The minimum Gasteiger partial charge on any atom is -0.480 e. The highest BCUT2D eigenvalue weighted by molar-refractivity contribution is 9.10. The highest BCUT2D eigenvalue weighted by Crippen LogP contribution is 2.22. The second-order valence-electron chi connectivity index (χ2n) is 4.16. The summed E-state index contributed by atoms with van der Waals surface area (Å²) in [6.07, 6.45) is 0. The Kier molecular flexibility index (Phi) is 4.06. The molecule has 6 nitrogen and oxygen atoms in total. The summed E-state index contributed by atoms with van der Waals surface area (Å²) in [5, 5.41) is 9.10. The standard InChI is InChI=1S/C12H13BrN2O4/c13-8-5-7(1-2-9(8)14)11(16)15-3-4-19-6-10(15)12(17)18/h1-2,5,10H,3-4,6,14H2,(H,17,18). The predicted molar refractivity (Wildman–Crippen MR) is 71.8 cm³/mol. The molecule has 1 heterocycles. The van der Waals surface area contributed by atoms with E-state index in [-0.39, 0.29) is 19.1 Å². The number of carboxylic acids is 1. The predicted octanol–water partition coefficient (Wildman–Crippen LogP) is 0.957. The maximum Gasteiger partial charge on any atom is 0.328 e. The maximum absolute atomic E-state index is 12.3. The first-order chi connectivity index (χ1) is 9.00. The zero-order valence-electron chi connectivity index (χ0n) is 10.0. The van der Waals surface area contributed by atoms with Crippen molar-refractivity contribution in [1.82, 2.24) is 4.90 Å². The third kappa shape index (κ3) is 2.87. The number of halogens is 1. The first kappa shape index (κ1) is 13.8. The number of nitrogens with zero attached hydrogens (tertiary/aromatic N) is 1. The Labute approximate surface area is 118 Å². The van der Waals surface area contributed by atoms with Gasteiger partial charge in [-0.1, -0.05) is 0 Å². The fourth-order valence-corrected chi connectivity index (χ4v) is 2.26. The summed E-state index contributed by atoms with van der Waals surface area (Å²) in [5.41, 5.74) is 6.58. The van der Waals surface area contributed by atoms with Crippen molar-refractivity contribution in [3.05, 3.63) is 28.2 Å². The molecule has 19 heavy (non-hydrogen) atoms. The molecule has 2 rings (SSSR count). The average Bonchev–Trinajstić information content (AvgIpc) is 2.41. The molecule has 0 aliphatic carbocycles. The number of carbonyl (C=O) groups excluding carboxylic acids is 1. The van der Waals surface area contributed by atoms with E-state index in [1.54, 1.807) is 18.2 Å². The molecule has 7 heteroatoms. The second-order valence-corrected chi connectivity index (χ2v) is 5.02. The van der Waals surface area contributed by atoms with Crippen LogP contribution in [0.15, 0.2) is 22.7 Å². The summed E-state index contributed by atoms with van der Waals surface area (Å²) >= 11 is 3.25. The molecular formula is C12H13BrN2O4. The summed E-state index contributed by atoms with van der Waals surface area (Å²) in [6.45, 7) is 0.612. The van der Waals surface area contributed by atoms with Gasteiger partial charge in [0.2, 0.25) is 0 Å².